The Balaban J connectivity index is 2.16. The van der Waals surface area contributed by atoms with E-state index in [1.54, 1.807) is 38.1 Å². The second-order valence-electron chi connectivity index (χ2n) is 6.49. The smallest absolute Gasteiger partial charge is 0.243 e. The van der Waals surface area contributed by atoms with Gasteiger partial charge in [-0.1, -0.05) is 17.7 Å². The van der Waals surface area contributed by atoms with Crippen LogP contribution in [0, 0.1) is 6.92 Å². The molecular weight excluding hydrogens is 362 g/mol. The van der Waals surface area contributed by atoms with Crippen molar-refractivity contribution in [3.05, 3.63) is 29.8 Å². The van der Waals surface area contributed by atoms with Crippen LogP contribution >= 0.6 is 0 Å². The second-order valence-corrected chi connectivity index (χ2v) is 10.5. The molecular formula is C16H27N3O4S2. The Bertz CT molecular complexity index is 768. The summed E-state index contributed by atoms with van der Waals surface area (Å²) in [7, 11) is -7.21. The summed E-state index contributed by atoms with van der Waals surface area (Å²) >= 11 is 0. The summed E-state index contributed by atoms with van der Waals surface area (Å²) in [5.41, 5.74) is 0.969. The standard InChI is InChI=1S/C16H27N3O4S2/c1-14(2)19(25(22,23)16-6-4-15(3)5-7-16)12-13-24(20,21)18-10-8-17-9-11-18/h4-7,14,17H,8-13H2,1-3H3. The molecule has 7 nitrogen and oxygen atoms in total. The summed E-state index contributed by atoms with van der Waals surface area (Å²) < 4.78 is 53.5. The fraction of sp³-hybridized carbons (Fsp3) is 0.625. The Morgan fingerprint density at radius 1 is 1.08 bits per heavy atom. The molecule has 1 aromatic carbocycles. The Hall–Kier alpha value is -1.00. The molecule has 2 rings (SSSR count). The van der Waals surface area contributed by atoms with Gasteiger partial charge in [0.1, 0.15) is 0 Å². The lowest BCUT2D eigenvalue weighted by Crippen LogP contribution is -2.49. The van der Waals surface area contributed by atoms with E-state index in [1.165, 1.54) is 8.61 Å². The van der Waals surface area contributed by atoms with Crippen molar-refractivity contribution in [2.75, 3.05) is 38.5 Å². The molecule has 0 atom stereocenters. The highest BCUT2D eigenvalue weighted by molar-refractivity contribution is 7.90. The lowest BCUT2D eigenvalue weighted by molar-refractivity contribution is 0.346. The van der Waals surface area contributed by atoms with E-state index in [0.717, 1.165) is 5.56 Å². The maximum absolute atomic E-state index is 12.9. The molecule has 0 amide bonds. The minimum atomic E-state index is -3.73. The van der Waals surface area contributed by atoms with Crippen LogP contribution < -0.4 is 5.32 Å². The van der Waals surface area contributed by atoms with Gasteiger partial charge in [-0.3, -0.25) is 0 Å². The highest BCUT2D eigenvalue weighted by atomic mass is 32.2. The van der Waals surface area contributed by atoms with Crippen LogP contribution in [0.25, 0.3) is 0 Å². The van der Waals surface area contributed by atoms with Gasteiger partial charge in [0.25, 0.3) is 0 Å². The Morgan fingerprint density at radius 2 is 1.64 bits per heavy atom. The van der Waals surface area contributed by atoms with Gasteiger partial charge in [0.2, 0.25) is 20.0 Å². The maximum Gasteiger partial charge on any atom is 0.243 e. The van der Waals surface area contributed by atoms with Gasteiger partial charge in [0.15, 0.2) is 0 Å². The molecule has 1 aromatic rings. The van der Waals surface area contributed by atoms with E-state index < -0.39 is 20.0 Å². The third kappa shape index (κ3) is 5.01. The van der Waals surface area contributed by atoms with E-state index in [-0.39, 0.29) is 23.2 Å². The van der Waals surface area contributed by atoms with Crippen molar-refractivity contribution in [1.29, 1.82) is 0 Å². The molecule has 0 saturated carbocycles. The lowest BCUT2D eigenvalue weighted by Gasteiger charge is -2.29. The van der Waals surface area contributed by atoms with Gasteiger partial charge in [0.05, 0.1) is 10.6 Å². The minimum Gasteiger partial charge on any atom is -0.314 e. The predicted octanol–water partition coefficient (Wildman–Crippen LogP) is 0.629. The number of rotatable bonds is 7. The topological polar surface area (TPSA) is 86.8 Å². The number of piperazine rings is 1. The van der Waals surface area contributed by atoms with E-state index >= 15 is 0 Å². The van der Waals surface area contributed by atoms with Crippen LogP contribution in [0.5, 0.6) is 0 Å². The summed E-state index contributed by atoms with van der Waals surface area (Å²) in [6.45, 7) is 7.43. The highest BCUT2D eigenvalue weighted by Gasteiger charge is 2.30. The molecule has 0 aliphatic carbocycles. The van der Waals surface area contributed by atoms with Gasteiger partial charge in [-0.15, -0.1) is 0 Å². The molecule has 0 radical (unpaired) electrons. The number of aryl methyl sites for hydroxylation is 1. The lowest BCUT2D eigenvalue weighted by atomic mass is 10.2. The van der Waals surface area contributed by atoms with E-state index in [2.05, 4.69) is 5.32 Å². The molecule has 1 saturated heterocycles. The third-order valence-corrected chi connectivity index (χ3v) is 8.18. The van der Waals surface area contributed by atoms with Crippen LogP contribution in [-0.2, 0) is 20.0 Å². The average molecular weight is 390 g/mol. The fourth-order valence-corrected chi connectivity index (χ4v) is 5.94. The molecule has 1 aliphatic rings. The predicted molar refractivity (Wildman–Crippen MR) is 98.4 cm³/mol. The first kappa shape index (κ1) is 20.3. The monoisotopic (exact) mass is 389 g/mol. The van der Waals surface area contributed by atoms with Crippen molar-refractivity contribution in [1.82, 2.24) is 13.9 Å². The van der Waals surface area contributed by atoms with Crippen molar-refractivity contribution in [2.45, 2.75) is 31.7 Å². The number of hydrogen-bond donors (Lipinski definition) is 1. The third-order valence-electron chi connectivity index (χ3n) is 4.24. The minimum absolute atomic E-state index is 0.0554. The van der Waals surface area contributed by atoms with Gasteiger partial charge in [-0.05, 0) is 32.9 Å². The largest absolute Gasteiger partial charge is 0.314 e. The van der Waals surface area contributed by atoms with Gasteiger partial charge in [-0.2, -0.15) is 8.61 Å². The van der Waals surface area contributed by atoms with Crippen LogP contribution in [-0.4, -0.2) is 70.0 Å². The van der Waals surface area contributed by atoms with Gasteiger partial charge < -0.3 is 5.32 Å². The van der Waals surface area contributed by atoms with Crippen molar-refractivity contribution in [2.24, 2.45) is 0 Å². The Kier molecular flexibility index (Phi) is 6.61. The van der Waals surface area contributed by atoms with E-state index in [1.807, 2.05) is 6.92 Å². The van der Waals surface area contributed by atoms with Gasteiger partial charge in [-0.25, -0.2) is 16.8 Å². The van der Waals surface area contributed by atoms with Crippen LogP contribution in [0.2, 0.25) is 0 Å². The number of nitrogens with zero attached hydrogens (tertiary/aromatic N) is 2. The molecule has 25 heavy (non-hydrogen) atoms. The van der Waals surface area contributed by atoms with Crippen LogP contribution in [0.4, 0.5) is 0 Å². The van der Waals surface area contributed by atoms with Crippen molar-refractivity contribution in [3.63, 3.8) is 0 Å². The summed E-state index contributed by atoms with van der Waals surface area (Å²) in [5.74, 6) is -0.212. The molecule has 1 aliphatic heterocycles. The second kappa shape index (κ2) is 8.13. The number of nitrogens with one attached hydrogen (secondary N) is 1. The fourth-order valence-electron chi connectivity index (χ4n) is 2.76. The first-order valence-electron chi connectivity index (χ1n) is 8.41. The molecule has 1 heterocycles. The summed E-state index contributed by atoms with van der Waals surface area (Å²) in [5, 5.41) is 3.11. The normalized spacial score (nSPS) is 17.3. The molecule has 0 bridgehead atoms. The molecule has 0 spiro atoms. The number of sulfonamides is 2. The SMILES string of the molecule is Cc1ccc(S(=O)(=O)N(CCS(=O)(=O)N2CCNCC2)C(C)C)cc1. The molecule has 142 valence electrons. The molecule has 0 unspecified atom stereocenters. The number of hydrogen-bond acceptors (Lipinski definition) is 5. The van der Waals surface area contributed by atoms with Crippen LogP contribution in [0.3, 0.4) is 0 Å². The Morgan fingerprint density at radius 3 is 2.16 bits per heavy atom. The zero-order valence-electron chi connectivity index (χ0n) is 15.0. The van der Waals surface area contributed by atoms with Crippen LogP contribution in [0.15, 0.2) is 29.2 Å². The van der Waals surface area contributed by atoms with Gasteiger partial charge >= 0.3 is 0 Å². The first-order valence-corrected chi connectivity index (χ1v) is 11.5. The van der Waals surface area contributed by atoms with Crippen LogP contribution in [0.1, 0.15) is 19.4 Å². The summed E-state index contributed by atoms with van der Waals surface area (Å²) in [4.78, 5) is 0.186. The van der Waals surface area contributed by atoms with Crippen molar-refractivity contribution >= 4 is 20.0 Å². The Labute approximate surface area is 151 Å². The zero-order chi connectivity index (χ0) is 18.7. The van der Waals surface area contributed by atoms with E-state index in [4.69, 9.17) is 0 Å². The molecule has 0 aromatic heterocycles. The summed E-state index contributed by atoms with van der Waals surface area (Å²) in [6.07, 6.45) is 0. The van der Waals surface area contributed by atoms with Crippen molar-refractivity contribution < 1.29 is 16.8 Å². The average Bonchev–Trinajstić information content (AvgIpc) is 2.55. The summed E-state index contributed by atoms with van der Waals surface area (Å²) in [6, 6.07) is 6.27. The van der Waals surface area contributed by atoms with E-state index in [0.29, 0.717) is 26.2 Å². The molecule has 9 heteroatoms. The maximum atomic E-state index is 12.9. The quantitative estimate of drug-likeness (QED) is 0.739. The highest BCUT2D eigenvalue weighted by Crippen LogP contribution is 2.19. The first-order chi connectivity index (χ1) is 11.6. The van der Waals surface area contributed by atoms with Gasteiger partial charge in [0, 0.05) is 38.8 Å². The molecule has 1 fully saturated rings. The van der Waals surface area contributed by atoms with E-state index in [9.17, 15) is 16.8 Å². The van der Waals surface area contributed by atoms with Crippen molar-refractivity contribution in [3.8, 4) is 0 Å². The molecule has 1 N–H and O–H groups in total. The number of benzene rings is 1. The zero-order valence-corrected chi connectivity index (χ0v) is 16.6.